The van der Waals surface area contributed by atoms with Crippen molar-refractivity contribution in [2.75, 3.05) is 6.61 Å². The van der Waals surface area contributed by atoms with Gasteiger partial charge in [0.2, 0.25) is 0 Å². The Balaban J connectivity index is 1.54. The van der Waals surface area contributed by atoms with Crippen LogP contribution in [0, 0.1) is 28.6 Å². The molecule has 6 atom stereocenters. The molecule has 0 radical (unpaired) electrons. The van der Waals surface area contributed by atoms with E-state index in [0.29, 0.717) is 18.4 Å². The summed E-state index contributed by atoms with van der Waals surface area (Å²) >= 11 is 0. The lowest BCUT2D eigenvalue weighted by Gasteiger charge is -2.57. The van der Waals surface area contributed by atoms with Gasteiger partial charge in [0.1, 0.15) is 0 Å². The molecule has 2 N–H and O–H groups in total. The van der Waals surface area contributed by atoms with E-state index in [1.807, 2.05) is 6.92 Å². The van der Waals surface area contributed by atoms with Gasteiger partial charge < -0.3 is 9.84 Å². The quantitative estimate of drug-likeness (QED) is 0.399. The van der Waals surface area contributed by atoms with Crippen LogP contribution in [0.2, 0.25) is 0 Å². The number of nitrogens with zero attached hydrogens (tertiary/aromatic N) is 1. The van der Waals surface area contributed by atoms with Gasteiger partial charge in [0.05, 0.1) is 18.4 Å². The van der Waals surface area contributed by atoms with E-state index in [1.165, 1.54) is 24.0 Å². The molecule has 0 aromatic carbocycles. The van der Waals surface area contributed by atoms with E-state index >= 15 is 0 Å². The van der Waals surface area contributed by atoms with E-state index in [0.717, 1.165) is 43.7 Å². The third kappa shape index (κ3) is 3.35. The highest BCUT2D eigenvalue weighted by Gasteiger charge is 2.56. The second-order valence-corrected chi connectivity index (χ2v) is 10.00. The molecule has 5 nitrogen and oxygen atoms in total. The standard InChI is InChI=1S/C24H36N2O3/c1-5-29-22(28)26-25-15(2)19-8-9-20-18-7-6-16-14-17(27)10-12-23(16,3)21(18)11-13-24(19,20)4/h6,8,17-18,20-21,27H,5,7,9-14H2,1-4H3,(H,26,28)/b25-15+/t17-,18-,20-,21-,23-,24+/m0/s1. The first-order valence-corrected chi connectivity index (χ1v) is 11.3. The lowest BCUT2D eigenvalue weighted by Crippen LogP contribution is -2.50. The number of amides is 1. The Hall–Kier alpha value is -1.62. The van der Waals surface area contributed by atoms with Gasteiger partial charge in [-0.3, -0.25) is 0 Å². The smallest absolute Gasteiger partial charge is 0.427 e. The Morgan fingerprint density at radius 2 is 1.97 bits per heavy atom. The molecule has 2 saturated carbocycles. The van der Waals surface area contributed by atoms with Crippen LogP contribution in [-0.2, 0) is 4.74 Å². The van der Waals surface area contributed by atoms with Gasteiger partial charge in [-0.2, -0.15) is 5.10 Å². The average molecular weight is 401 g/mol. The number of hydrazone groups is 1. The van der Waals surface area contributed by atoms with E-state index in [9.17, 15) is 9.90 Å². The molecule has 5 heteroatoms. The summed E-state index contributed by atoms with van der Waals surface area (Å²) < 4.78 is 4.93. The zero-order chi connectivity index (χ0) is 20.8. The van der Waals surface area contributed by atoms with Gasteiger partial charge >= 0.3 is 6.09 Å². The number of aliphatic hydroxyl groups is 1. The summed E-state index contributed by atoms with van der Waals surface area (Å²) in [6.45, 7) is 9.00. The van der Waals surface area contributed by atoms with E-state index in [2.05, 4.69) is 36.5 Å². The third-order valence-corrected chi connectivity index (χ3v) is 8.64. The van der Waals surface area contributed by atoms with Crippen molar-refractivity contribution < 1.29 is 14.6 Å². The molecule has 1 amide bonds. The highest BCUT2D eigenvalue weighted by atomic mass is 16.5. The van der Waals surface area contributed by atoms with Crippen molar-refractivity contribution in [1.29, 1.82) is 0 Å². The first-order valence-electron chi connectivity index (χ1n) is 11.3. The van der Waals surface area contributed by atoms with Crippen molar-refractivity contribution in [1.82, 2.24) is 5.43 Å². The maximum absolute atomic E-state index is 11.6. The Labute approximate surface area is 174 Å². The summed E-state index contributed by atoms with van der Waals surface area (Å²) in [6.07, 6.45) is 11.8. The largest absolute Gasteiger partial charge is 0.449 e. The fraction of sp³-hybridized carbons (Fsp3) is 0.750. The van der Waals surface area contributed by atoms with Gasteiger partial charge in [0.15, 0.2) is 0 Å². The Kier molecular flexibility index (Phi) is 5.39. The third-order valence-electron chi connectivity index (χ3n) is 8.64. The number of hydrogen-bond acceptors (Lipinski definition) is 4. The van der Waals surface area contributed by atoms with E-state index < -0.39 is 6.09 Å². The number of hydrogen-bond donors (Lipinski definition) is 2. The van der Waals surface area contributed by atoms with Crippen LogP contribution in [0.15, 0.2) is 28.4 Å². The van der Waals surface area contributed by atoms with Crippen LogP contribution in [0.3, 0.4) is 0 Å². The van der Waals surface area contributed by atoms with Gasteiger partial charge in [-0.05, 0) is 93.0 Å². The number of fused-ring (bicyclic) bond motifs is 5. The first-order chi connectivity index (χ1) is 13.8. The summed E-state index contributed by atoms with van der Waals surface area (Å²) in [5, 5.41) is 14.5. The summed E-state index contributed by atoms with van der Waals surface area (Å²) in [7, 11) is 0. The molecule has 0 bridgehead atoms. The number of ether oxygens (including phenoxy) is 1. The highest BCUT2D eigenvalue weighted by molar-refractivity contribution is 6.00. The molecule has 0 aliphatic heterocycles. The van der Waals surface area contributed by atoms with Crippen LogP contribution in [0.1, 0.15) is 72.6 Å². The minimum absolute atomic E-state index is 0.126. The van der Waals surface area contributed by atoms with Crippen molar-refractivity contribution >= 4 is 11.8 Å². The number of carbonyl (C=O) groups is 1. The van der Waals surface area contributed by atoms with Crippen LogP contribution in [-0.4, -0.2) is 29.6 Å². The molecule has 4 rings (SSSR count). The molecule has 2 fully saturated rings. The van der Waals surface area contributed by atoms with Gasteiger partial charge in [0, 0.05) is 0 Å². The number of allylic oxidation sites excluding steroid dienone is 3. The lowest BCUT2D eigenvalue weighted by molar-refractivity contribution is -0.0279. The lowest BCUT2D eigenvalue weighted by atomic mass is 9.47. The molecule has 4 aliphatic rings. The van der Waals surface area contributed by atoms with Gasteiger partial charge in [-0.1, -0.05) is 31.6 Å². The minimum atomic E-state index is -0.492. The molecule has 0 spiro atoms. The van der Waals surface area contributed by atoms with Gasteiger partial charge in [-0.15, -0.1) is 0 Å². The molecule has 160 valence electrons. The molecular formula is C24H36N2O3. The van der Waals surface area contributed by atoms with Crippen molar-refractivity contribution in [2.45, 2.75) is 78.7 Å². The normalized spacial score (nSPS) is 41.5. The van der Waals surface area contributed by atoms with Crippen LogP contribution in [0.25, 0.3) is 0 Å². The summed E-state index contributed by atoms with van der Waals surface area (Å²) in [6, 6.07) is 0. The fourth-order valence-corrected chi connectivity index (χ4v) is 7.12. The minimum Gasteiger partial charge on any atom is -0.449 e. The molecule has 29 heavy (non-hydrogen) atoms. The zero-order valence-electron chi connectivity index (χ0n) is 18.3. The molecule has 0 aromatic heterocycles. The second-order valence-electron chi connectivity index (χ2n) is 10.00. The number of rotatable bonds is 3. The first kappa shape index (κ1) is 20.6. The predicted octanol–water partition coefficient (Wildman–Crippen LogP) is 4.97. The topological polar surface area (TPSA) is 70.9 Å². The Morgan fingerprint density at radius 1 is 1.21 bits per heavy atom. The Morgan fingerprint density at radius 3 is 2.72 bits per heavy atom. The molecule has 4 aliphatic carbocycles. The molecule has 0 aromatic rings. The van der Waals surface area contributed by atoms with Crippen molar-refractivity contribution in [3.05, 3.63) is 23.3 Å². The fourth-order valence-electron chi connectivity index (χ4n) is 7.12. The van der Waals surface area contributed by atoms with Crippen molar-refractivity contribution in [3.63, 3.8) is 0 Å². The van der Waals surface area contributed by atoms with E-state index in [4.69, 9.17) is 4.74 Å². The van der Waals surface area contributed by atoms with Crippen LogP contribution >= 0.6 is 0 Å². The number of carbonyl (C=O) groups excluding carboxylic acids is 1. The van der Waals surface area contributed by atoms with Gasteiger partial charge in [0.25, 0.3) is 0 Å². The maximum atomic E-state index is 11.6. The van der Waals surface area contributed by atoms with E-state index in [1.54, 1.807) is 6.92 Å². The van der Waals surface area contributed by atoms with E-state index in [-0.39, 0.29) is 16.9 Å². The second kappa shape index (κ2) is 7.57. The summed E-state index contributed by atoms with van der Waals surface area (Å²) in [5.41, 5.74) is 6.64. The number of aliphatic hydroxyl groups excluding tert-OH is 1. The average Bonchev–Trinajstić information content (AvgIpc) is 3.04. The zero-order valence-corrected chi connectivity index (χ0v) is 18.3. The molecular weight excluding hydrogens is 364 g/mol. The van der Waals surface area contributed by atoms with Crippen LogP contribution in [0.4, 0.5) is 4.79 Å². The SMILES string of the molecule is CCOC(=O)N/N=C(\C)C1=CC[C@H]2[C@@H]3CC=C4C[C@@H](O)CC[C@]4(C)[C@H]3CC[C@]12C. The monoisotopic (exact) mass is 400 g/mol. The van der Waals surface area contributed by atoms with Crippen LogP contribution < -0.4 is 5.43 Å². The van der Waals surface area contributed by atoms with Crippen LogP contribution in [0.5, 0.6) is 0 Å². The molecule has 0 unspecified atom stereocenters. The predicted molar refractivity (Wildman–Crippen MR) is 114 cm³/mol. The van der Waals surface area contributed by atoms with Crippen molar-refractivity contribution in [3.8, 4) is 0 Å². The Bertz CT molecular complexity index is 770. The summed E-state index contributed by atoms with van der Waals surface area (Å²) in [4.78, 5) is 11.6. The van der Waals surface area contributed by atoms with Gasteiger partial charge in [-0.25, -0.2) is 10.2 Å². The molecule has 0 saturated heterocycles. The number of nitrogens with one attached hydrogen (secondary N) is 1. The maximum Gasteiger partial charge on any atom is 0.427 e. The highest BCUT2D eigenvalue weighted by Crippen LogP contribution is 2.65. The summed E-state index contributed by atoms with van der Waals surface area (Å²) in [5.74, 6) is 2.04. The van der Waals surface area contributed by atoms with Crippen molar-refractivity contribution in [2.24, 2.45) is 33.7 Å². The molecule has 0 heterocycles.